The Morgan fingerprint density at radius 1 is 1.15 bits per heavy atom. The largest absolute Gasteiger partial charge is 0.259 e. The first kappa shape index (κ1) is 15.2. The highest BCUT2D eigenvalue weighted by atomic mass is 35.5. The highest BCUT2D eigenvalue weighted by molar-refractivity contribution is 7.85. The maximum Gasteiger partial charge on any atom is 0.123 e. The molecule has 0 spiro atoms. The first-order chi connectivity index (χ1) is 9.58. The van der Waals surface area contributed by atoms with Gasteiger partial charge in [0.25, 0.3) is 0 Å². The van der Waals surface area contributed by atoms with Crippen molar-refractivity contribution in [1.82, 2.24) is 0 Å². The number of halogens is 2. The molecular formula is C16H16ClFOS. The van der Waals surface area contributed by atoms with Gasteiger partial charge in [0.2, 0.25) is 0 Å². The molecule has 4 heteroatoms. The Balaban J connectivity index is 1.98. The van der Waals surface area contributed by atoms with Crippen LogP contribution in [0.4, 0.5) is 4.39 Å². The molecule has 0 aromatic heterocycles. The number of aryl methyl sites for hydroxylation is 1. The van der Waals surface area contributed by atoms with Gasteiger partial charge in [-0.3, -0.25) is 4.21 Å². The molecule has 2 aromatic rings. The molecule has 0 N–H and O–H groups in total. The van der Waals surface area contributed by atoms with Gasteiger partial charge in [0.1, 0.15) is 5.82 Å². The lowest BCUT2D eigenvalue weighted by Crippen LogP contribution is -2.09. The SMILES string of the molecule is C[C@H](c1ccc(F)cc1)[S@](=O)CCc1ccccc1Cl. The van der Waals surface area contributed by atoms with Crippen molar-refractivity contribution in [3.05, 3.63) is 70.5 Å². The van der Waals surface area contributed by atoms with Crippen LogP contribution in [0, 0.1) is 5.82 Å². The molecule has 0 amide bonds. The summed E-state index contributed by atoms with van der Waals surface area (Å²) in [6, 6.07) is 13.8. The molecule has 1 nitrogen and oxygen atoms in total. The van der Waals surface area contributed by atoms with Gasteiger partial charge in [0, 0.05) is 21.6 Å². The first-order valence-corrected chi connectivity index (χ1v) is 8.20. The molecule has 0 radical (unpaired) electrons. The van der Waals surface area contributed by atoms with Crippen molar-refractivity contribution in [2.75, 3.05) is 5.75 Å². The molecule has 0 aliphatic heterocycles. The van der Waals surface area contributed by atoms with Gasteiger partial charge in [-0.1, -0.05) is 41.9 Å². The molecule has 0 heterocycles. The van der Waals surface area contributed by atoms with Gasteiger partial charge in [0.05, 0.1) is 5.25 Å². The predicted molar refractivity (Wildman–Crippen MR) is 83.0 cm³/mol. The number of rotatable bonds is 5. The van der Waals surface area contributed by atoms with Crippen LogP contribution in [-0.4, -0.2) is 9.96 Å². The fourth-order valence-corrected chi connectivity index (χ4v) is 3.44. The summed E-state index contributed by atoms with van der Waals surface area (Å²) >= 11 is 6.08. The van der Waals surface area contributed by atoms with E-state index >= 15 is 0 Å². The second kappa shape index (κ2) is 7.00. The molecule has 0 saturated heterocycles. The standard InChI is InChI=1S/C16H16ClFOS/c1-12(13-6-8-15(18)9-7-13)20(19)11-10-14-4-2-3-5-16(14)17/h2-9,12H,10-11H2,1H3/t12-,20-/m1/s1. The normalized spacial score (nSPS) is 13.9. The molecule has 2 rings (SSSR count). The van der Waals surface area contributed by atoms with E-state index in [4.69, 9.17) is 11.6 Å². The van der Waals surface area contributed by atoms with Gasteiger partial charge >= 0.3 is 0 Å². The fraction of sp³-hybridized carbons (Fsp3) is 0.250. The van der Waals surface area contributed by atoms with E-state index in [1.807, 2.05) is 31.2 Å². The number of hydrogen-bond donors (Lipinski definition) is 0. The predicted octanol–water partition coefficient (Wildman–Crippen LogP) is 4.53. The summed E-state index contributed by atoms with van der Waals surface area (Å²) < 4.78 is 25.2. The van der Waals surface area contributed by atoms with Crippen molar-refractivity contribution >= 4 is 22.4 Å². The van der Waals surface area contributed by atoms with Crippen LogP contribution in [0.5, 0.6) is 0 Å². The zero-order chi connectivity index (χ0) is 14.5. The molecule has 0 bridgehead atoms. The van der Waals surface area contributed by atoms with Crippen LogP contribution in [0.15, 0.2) is 48.5 Å². The Morgan fingerprint density at radius 3 is 2.45 bits per heavy atom. The van der Waals surface area contributed by atoms with Gasteiger partial charge in [0.15, 0.2) is 0 Å². The number of benzene rings is 2. The lowest BCUT2D eigenvalue weighted by Gasteiger charge is -2.12. The Kier molecular flexibility index (Phi) is 5.32. The summed E-state index contributed by atoms with van der Waals surface area (Å²) in [5.74, 6) is 0.269. The van der Waals surface area contributed by atoms with Crippen molar-refractivity contribution in [2.24, 2.45) is 0 Å². The van der Waals surface area contributed by atoms with E-state index in [0.29, 0.717) is 17.2 Å². The lowest BCUT2D eigenvalue weighted by atomic mass is 10.2. The van der Waals surface area contributed by atoms with E-state index in [0.717, 1.165) is 11.1 Å². The van der Waals surface area contributed by atoms with Gasteiger partial charge in [-0.2, -0.15) is 0 Å². The second-order valence-corrected chi connectivity index (χ2v) is 6.90. The van der Waals surface area contributed by atoms with Gasteiger partial charge in [-0.15, -0.1) is 0 Å². The maximum atomic E-state index is 12.9. The molecule has 2 atom stereocenters. The summed E-state index contributed by atoms with van der Waals surface area (Å²) in [5.41, 5.74) is 1.90. The van der Waals surface area contributed by atoms with E-state index in [1.54, 1.807) is 12.1 Å². The van der Waals surface area contributed by atoms with E-state index in [9.17, 15) is 8.60 Å². The average molecular weight is 311 g/mol. The number of hydrogen-bond acceptors (Lipinski definition) is 1. The van der Waals surface area contributed by atoms with E-state index in [2.05, 4.69) is 0 Å². The summed E-state index contributed by atoms with van der Waals surface area (Å²) in [6.45, 7) is 1.90. The summed E-state index contributed by atoms with van der Waals surface area (Å²) in [4.78, 5) is 0. The van der Waals surface area contributed by atoms with Crippen LogP contribution >= 0.6 is 11.6 Å². The lowest BCUT2D eigenvalue weighted by molar-refractivity contribution is 0.626. The highest BCUT2D eigenvalue weighted by Gasteiger charge is 2.14. The minimum Gasteiger partial charge on any atom is -0.259 e. The second-order valence-electron chi connectivity index (χ2n) is 4.62. The van der Waals surface area contributed by atoms with Crippen LogP contribution in [0.3, 0.4) is 0 Å². The molecule has 106 valence electrons. The van der Waals surface area contributed by atoms with Gasteiger partial charge in [-0.05, 0) is 42.7 Å². The van der Waals surface area contributed by atoms with Crippen LogP contribution in [-0.2, 0) is 17.2 Å². The van der Waals surface area contributed by atoms with Crippen LogP contribution in [0.25, 0.3) is 0 Å². The Morgan fingerprint density at radius 2 is 1.80 bits per heavy atom. The first-order valence-electron chi connectivity index (χ1n) is 6.44. The average Bonchev–Trinajstić information content (AvgIpc) is 2.46. The Hall–Kier alpha value is -1.19. The Bertz CT molecular complexity index is 598. The van der Waals surface area contributed by atoms with Crippen molar-refractivity contribution in [3.8, 4) is 0 Å². The van der Waals surface area contributed by atoms with Crippen LogP contribution < -0.4 is 0 Å². The molecule has 2 aromatic carbocycles. The van der Waals surface area contributed by atoms with E-state index in [1.165, 1.54) is 12.1 Å². The molecule has 0 fully saturated rings. The monoisotopic (exact) mass is 310 g/mol. The minimum atomic E-state index is -1.01. The van der Waals surface area contributed by atoms with E-state index < -0.39 is 10.8 Å². The quantitative estimate of drug-likeness (QED) is 0.793. The smallest absolute Gasteiger partial charge is 0.123 e. The van der Waals surface area contributed by atoms with Gasteiger partial charge in [-0.25, -0.2) is 4.39 Å². The van der Waals surface area contributed by atoms with Crippen molar-refractivity contribution in [2.45, 2.75) is 18.6 Å². The summed E-state index contributed by atoms with van der Waals surface area (Å²) in [6.07, 6.45) is 0.678. The Labute approximate surface area is 126 Å². The maximum absolute atomic E-state index is 12.9. The van der Waals surface area contributed by atoms with E-state index in [-0.39, 0.29) is 11.1 Å². The van der Waals surface area contributed by atoms with Gasteiger partial charge < -0.3 is 0 Å². The van der Waals surface area contributed by atoms with Crippen molar-refractivity contribution in [1.29, 1.82) is 0 Å². The topological polar surface area (TPSA) is 17.1 Å². The minimum absolute atomic E-state index is 0.113. The van der Waals surface area contributed by atoms with Crippen LogP contribution in [0.2, 0.25) is 5.02 Å². The van der Waals surface area contributed by atoms with Crippen molar-refractivity contribution in [3.63, 3.8) is 0 Å². The molecule has 0 unspecified atom stereocenters. The highest BCUT2D eigenvalue weighted by Crippen LogP contribution is 2.22. The third kappa shape index (κ3) is 3.90. The molecule has 0 saturated carbocycles. The summed E-state index contributed by atoms with van der Waals surface area (Å²) in [7, 11) is -1.01. The molecule has 0 aliphatic carbocycles. The fourth-order valence-electron chi connectivity index (χ4n) is 1.97. The zero-order valence-corrected chi connectivity index (χ0v) is 12.8. The third-order valence-corrected chi connectivity index (χ3v) is 5.30. The molecule has 20 heavy (non-hydrogen) atoms. The zero-order valence-electron chi connectivity index (χ0n) is 11.2. The van der Waals surface area contributed by atoms with Crippen LogP contribution in [0.1, 0.15) is 23.3 Å². The molecular weight excluding hydrogens is 295 g/mol. The third-order valence-electron chi connectivity index (χ3n) is 3.26. The van der Waals surface area contributed by atoms with Crippen molar-refractivity contribution < 1.29 is 8.60 Å². The molecule has 0 aliphatic rings. The summed E-state index contributed by atoms with van der Waals surface area (Å²) in [5, 5.41) is 0.594.